The summed E-state index contributed by atoms with van der Waals surface area (Å²) in [4.78, 5) is 28.7. The van der Waals surface area contributed by atoms with Gasteiger partial charge in [0.15, 0.2) is 0 Å². The summed E-state index contributed by atoms with van der Waals surface area (Å²) in [5, 5.41) is 0.531. The lowest BCUT2D eigenvalue weighted by Crippen LogP contribution is -2.43. The number of hydrogen-bond acceptors (Lipinski definition) is 5. The molecule has 182 valence electrons. The molecular weight excluding hydrogens is 464 g/mol. The third-order valence-corrected chi connectivity index (χ3v) is 7.75. The van der Waals surface area contributed by atoms with Gasteiger partial charge in [-0.3, -0.25) is 9.59 Å². The van der Waals surface area contributed by atoms with Gasteiger partial charge in [-0.15, -0.1) is 0 Å². The zero-order valence-corrected chi connectivity index (χ0v) is 20.8. The van der Waals surface area contributed by atoms with Crippen LogP contribution in [0, 0.1) is 11.8 Å². The molecule has 3 aliphatic rings. The van der Waals surface area contributed by atoms with Crippen LogP contribution in [0.2, 0.25) is 5.02 Å². The first-order valence-corrected chi connectivity index (χ1v) is 12.5. The molecule has 35 heavy (non-hydrogen) atoms. The fourth-order valence-corrected chi connectivity index (χ4v) is 5.71. The van der Waals surface area contributed by atoms with E-state index in [1.54, 1.807) is 11.0 Å². The fraction of sp³-hybridized carbons (Fsp3) is 0.429. The number of halogens is 1. The van der Waals surface area contributed by atoms with Crippen molar-refractivity contribution in [1.29, 1.82) is 0 Å². The predicted molar refractivity (Wildman–Crippen MR) is 135 cm³/mol. The van der Waals surface area contributed by atoms with E-state index in [1.165, 1.54) is 20.0 Å². The van der Waals surface area contributed by atoms with Crippen LogP contribution >= 0.6 is 11.6 Å². The SMILES string of the molecule is COC(=O)CC#Cc1ccc2c(c1)CCN(c1ccc(OC3C[C@H]4CC[C@@H](C3)N4C)c(Cl)c1)C2=O. The van der Waals surface area contributed by atoms with E-state index in [2.05, 4.69) is 28.5 Å². The highest BCUT2D eigenvalue weighted by molar-refractivity contribution is 6.32. The molecule has 0 aromatic heterocycles. The summed E-state index contributed by atoms with van der Waals surface area (Å²) in [6, 6.07) is 12.4. The Morgan fingerprint density at radius 2 is 1.91 bits per heavy atom. The van der Waals surface area contributed by atoms with E-state index in [0.29, 0.717) is 41.4 Å². The van der Waals surface area contributed by atoms with Crippen molar-refractivity contribution in [3.63, 3.8) is 0 Å². The molecule has 2 saturated heterocycles. The van der Waals surface area contributed by atoms with Gasteiger partial charge in [-0.1, -0.05) is 23.4 Å². The van der Waals surface area contributed by atoms with Crippen LogP contribution in [0.1, 0.15) is 53.6 Å². The van der Waals surface area contributed by atoms with E-state index < -0.39 is 0 Å². The number of nitrogens with zero attached hydrogens (tertiary/aromatic N) is 2. The highest BCUT2D eigenvalue weighted by Gasteiger charge is 2.39. The third-order valence-electron chi connectivity index (χ3n) is 7.45. The summed E-state index contributed by atoms with van der Waals surface area (Å²) in [6.45, 7) is 0.555. The molecule has 7 heteroatoms. The van der Waals surface area contributed by atoms with Crippen LogP contribution in [-0.2, 0) is 16.0 Å². The summed E-state index contributed by atoms with van der Waals surface area (Å²) >= 11 is 6.61. The molecule has 0 aliphatic carbocycles. The molecular formula is C28H29ClN2O4. The first kappa shape index (κ1) is 23.7. The van der Waals surface area contributed by atoms with Gasteiger partial charge in [-0.25, -0.2) is 0 Å². The number of esters is 1. The first-order chi connectivity index (χ1) is 16.9. The molecule has 5 rings (SSSR count). The smallest absolute Gasteiger partial charge is 0.317 e. The first-order valence-electron chi connectivity index (χ1n) is 12.1. The summed E-state index contributed by atoms with van der Waals surface area (Å²) in [6.07, 6.45) is 5.48. The molecule has 2 bridgehead atoms. The molecule has 0 N–H and O–H groups in total. The Morgan fingerprint density at radius 3 is 2.63 bits per heavy atom. The fourth-order valence-electron chi connectivity index (χ4n) is 5.49. The van der Waals surface area contributed by atoms with Gasteiger partial charge in [0, 0.05) is 35.4 Å². The largest absolute Gasteiger partial charge is 0.489 e. The number of anilines is 1. The minimum absolute atomic E-state index is 0.0414. The van der Waals surface area contributed by atoms with E-state index >= 15 is 0 Å². The standard InChI is InChI=1S/C28H29ClN2O4/c1-30-20-7-8-21(30)16-23(15-20)35-26-11-9-22(17-25(26)29)31-13-12-19-14-18(4-3-5-27(32)34-2)6-10-24(19)28(31)33/h6,9-11,14,17,20-21,23H,5,7-8,12-13,15-16H2,1-2H3/t20-,21+,23?. The van der Waals surface area contributed by atoms with Crippen LogP contribution in [0.5, 0.6) is 5.75 Å². The summed E-state index contributed by atoms with van der Waals surface area (Å²) in [7, 11) is 3.56. The number of methoxy groups -OCH3 is 1. The van der Waals surface area contributed by atoms with Gasteiger partial charge in [-0.2, -0.15) is 0 Å². The third kappa shape index (κ3) is 4.89. The van der Waals surface area contributed by atoms with Gasteiger partial charge in [-0.05, 0) is 81.1 Å². The molecule has 1 amide bonds. The Labute approximate surface area is 211 Å². The molecule has 3 heterocycles. The van der Waals surface area contributed by atoms with Gasteiger partial charge in [0.1, 0.15) is 18.3 Å². The van der Waals surface area contributed by atoms with Gasteiger partial charge < -0.3 is 19.3 Å². The lowest BCUT2D eigenvalue weighted by molar-refractivity contribution is -0.139. The van der Waals surface area contributed by atoms with Crippen molar-refractivity contribution in [3.05, 3.63) is 58.1 Å². The second-order valence-electron chi connectivity index (χ2n) is 9.51. The Kier molecular flexibility index (Phi) is 6.73. The number of piperidine rings is 1. The molecule has 3 aliphatic heterocycles. The number of rotatable bonds is 4. The van der Waals surface area contributed by atoms with Crippen molar-refractivity contribution in [2.75, 3.05) is 25.6 Å². The number of benzene rings is 2. The monoisotopic (exact) mass is 492 g/mol. The zero-order chi connectivity index (χ0) is 24.5. The number of carbonyl (C=O) groups excluding carboxylic acids is 2. The molecule has 3 atom stereocenters. The zero-order valence-electron chi connectivity index (χ0n) is 20.1. The van der Waals surface area contributed by atoms with Gasteiger partial charge in [0.05, 0.1) is 12.1 Å². The van der Waals surface area contributed by atoms with E-state index in [1.807, 2.05) is 30.3 Å². The number of amides is 1. The maximum Gasteiger partial charge on any atom is 0.317 e. The molecule has 2 aromatic rings. The molecule has 0 saturated carbocycles. The van der Waals surface area contributed by atoms with Crippen molar-refractivity contribution in [2.24, 2.45) is 0 Å². The Hall–Kier alpha value is -3.01. The van der Waals surface area contributed by atoms with Crippen molar-refractivity contribution in [2.45, 2.75) is 56.7 Å². The van der Waals surface area contributed by atoms with Gasteiger partial charge >= 0.3 is 5.97 Å². The molecule has 6 nitrogen and oxygen atoms in total. The predicted octanol–water partition coefficient (Wildman–Crippen LogP) is 4.46. The van der Waals surface area contributed by atoms with Crippen LogP contribution in [0.15, 0.2) is 36.4 Å². The summed E-state index contributed by atoms with van der Waals surface area (Å²) in [5.41, 5.74) is 3.16. The number of fused-ring (bicyclic) bond motifs is 3. The summed E-state index contributed by atoms with van der Waals surface area (Å²) < 4.78 is 10.9. The van der Waals surface area contributed by atoms with E-state index in [9.17, 15) is 9.59 Å². The maximum absolute atomic E-state index is 13.2. The average molecular weight is 493 g/mol. The van der Waals surface area contributed by atoms with E-state index in [-0.39, 0.29) is 24.4 Å². The molecule has 2 fully saturated rings. The molecule has 0 spiro atoms. The second kappa shape index (κ2) is 9.93. The minimum Gasteiger partial charge on any atom is -0.489 e. The maximum atomic E-state index is 13.2. The molecule has 0 radical (unpaired) electrons. The van der Waals surface area contributed by atoms with Crippen molar-refractivity contribution < 1.29 is 19.1 Å². The van der Waals surface area contributed by atoms with Crippen LogP contribution in [-0.4, -0.2) is 55.7 Å². The van der Waals surface area contributed by atoms with Crippen molar-refractivity contribution in [3.8, 4) is 17.6 Å². The lowest BCUT2D eigenvalue weighted by atomic mass is 9.96. The van der Waals surface area contributed by atoms with Gasteiger partial charge in [0.25, 0.3) is 5.91 Å². The van der Waals surface area contributed by atoms with Crippen LogP contribution in [0.25, 0.3) is 0 Å². The quantitative estimate of drug-likeness (QED) is 0.466. The molecule has 2 aromatic carbocycles. The highest BCUT2D eigenvalue weighted by Crippen LogP contribution is 2.38. The van der Waals surface area contributed by atoms with E-state index in [4.69, 9.17) is 16.3 Å². The number of hydrogen-bond donors (Lipinski definition) is 0. The second-order valence-corrected chi connectivity index (χ2v) is 9.92. The van der Waals surface area contributed by atoms with Gasteiger partial charge in [0.2, 0.25) is 0 Å². The van der Waals surface area contributed by atoms with Crippen molar-refractivity contribution in [1.82, 2.24) is 4.90 Å². The Balaban J connectivity index is 1.27. The van der Waals surface area contributed by atoms with Crippen LogP contribution in [0.3, 0.4) is 0 Å². The Bertz CT molecular complexity index is 1200. The van der Waals surface area contributed by atoms with Crippen molar-refractivity contribution >= 4 is 29.2 Å². The Morgan fingerprint density at radius 1 is 1.14 bits per heavy atom. The summed E-state index contributed by atoms with van der Waals surface area (Å²) in [5.74, 6) is 6.03. The topological polar surface area (TPSA) is 59.1 Å². The number of carbonyl (C=O) groups is 2. The van der Waals surface area contributed by atoms with E-state index in [0.717, 1.165) is 29.7 Å². The molecule has 1 unspecified atom stereocenters. The number of ether oxygens (including phenoxy) is 2. The van der Waals surface area contributed by atoms with Crippen LogP contribution < -0.4 is 9.64 Å². The lowest BCUT2D eigenvalue weighted by Gasteiger charge is -2.36. The average Bonchev–Trinajstić information content (AvgIpc) is 3.05. The minimum atomic E-state index is -0.366. The highest BCUT2D eigenvalue weighted by atomic mass is 35.5. The normalized spacial score (nSPS) is 23.3. The van der Waals surface area contributed by atoms with Crippen LogP contribution in [0.4, 0.5) is 5.69 Å².